The number of carbonyl (C=O) groups excluding carboxylic acids is 1. The van der Waals surface area contributed by atoms with Crippen LogP contribution >= 0.6 is 11.8 Å². The summed E-state index contributed by atoms with van der Waals surface area (Å²) in [5.74, 6) is 0.509. The van der Waals surface area contributed by atoms with Crippen molar-refractivity contribution in [3.63, 3.8) is 0 Å². The van der Waals surface area contributed by atoms with Crippen molar-refractivity contribution < 1.29 is 9.69 Å². The van der Waals surface area contributed by atoms with Gasteiger partial charge >= 0.3 is 0 Å². The lowest BCUT2D eigenvalue weighted by atomic mass is 10.2. The second-order valence-corrected chi connectivity index (χ2v) is 7.09. The van der Waals surface area contributed by atoms with Crippen molar-refractivity contribution >= 4 is 29.2 Å². The first-order valence-electron chi connectivity index (χ1n) is 8.36. The van der Waals surface area contributed by atoms with Gasteiger partial charge in [0.1, 0.15) is 5.69 Å². The molecule has 0 saturated carbocycles. The Morgan fingerprint density at radius 1 is 1.28 bits per heavy atom. The minimum atomic E-state index is -0.437. The lowest BCUT2D eigenvalue weighted by molar-refractivity contribution is -0.884. The average molecular weight is 360 g/mol. The average Bonchev–Trinajstić information content (AvgIpc) is 3.12. The summed E-state index contributed by atoms with van der Waals surface area (Å²) in [5, 5.41) is 3.02. The van der Waals surface area contributed by atoms with Gasteiger partial charge in [-0.1, -0.05) is 30.0 Å². The summed E-state index contributed by atoms with van der Waals surface area (Å²) in [6, 6.07) is 8.65. The summed E-state index contributed by atoms with van der Waals surface area (Å²) >= 11 is 1.48. The predicted molar refractivity (Wildman–Crippen MR) is 99.2 cm³/mol. The van der Waals surface area contributed by atoms with E-state index in [2.05, 4.69) is 15.3 Å². The zero-order valence-electron chi connectivity index (χ0n) is 13.9. The quantitative estimate of drug-likeness (QED) is 0.440. The molecule has 0 radical (unpaired) electrons. The molecule has 1 aliphatic rings. The number of aromatic nitrogens is 2. The van der Waals surface area contributed by atoms with Gasteiger partial charge in [0, 0.05) is 18.4 Å². The summed E-state index contributed by atoms with van der Waals surface area (Å²) in [5.41, 5.74) is 5.88. The van der Waals surface area contributed by atoms with Gasteiger partial charge in [-0.3, -0.25) is 14.6 Å². The second kappa shape index (κ2) is 8.17. The molecule has 1 aliphatic heterocycles. The maximum absolute atomic E-state index is 12.2. The molecule has 2 aromatic rings. The Morgan fingerprint density at radius 2 is 2.00 bits per heavy atom. The van der Waals surface area contributed by atoms with Crippen LogP contribution < -0.4 is 21.5 Å². The molecule has 0 atom stereocenters. The van der Waals surface area contributed by atoms with Gasteiger partial charge in [0.05, 0.1) is 25.4 Å². The van der Waals surface area contributed by atoms with Crippen molar-refractivity contribution in [1.29, 1.82) is 0 Å². The molecule has 1 fully saturated rings. The molecule has 25 heavy (non-hydrogen) atoms. The highest BCUT2D eigenvalue weighted by Gasteiger charge is 2.16. The molecule has 0 spiro atoms. The number of hydrogen-bond donors (Lipinski definition) is 4. The SMILES string of the molecule is Nc1nc(SCC[NH+]2CCCC2)[nH]c(=O)c1NC(=O)c1ccccc1. The van der Waals surface area contributed by atoms with E-state index in [1.165, 1.54) is 37.7 Å². The number of nitrogens with one attached hydrogen (secondary N) is 3. The Balaban J connectivity index is 1.63. The fourth-order valence-electron chi connectivity index (χ4n) is 2.85. The summed E-state index contributed by atoms with van der Waals surface area (Å²) in [6.45, 7) is 3.48. The molecule has 1 aromatic carbocycles. The Morgan fingerprint density at radius 3 is 2.68 bits per heavy atom. The van der Waals surface area contributed by atoms with Gasteiger partial charge < -0.3 is 16.0 Å². The van der Waals surface area contributed by atoms with Crippen LogP contribution in [0.1, 0.15) is 23.2 Å². The van der Waals surface area contributed by atoms with Crippen LogP contribution in [0.4, 0.5) is 11.5 Å². The molecule has 5 N–H and O–H groups in total. The first-order valence-corrected chi connectivity index (χ1v) is 9.34. The van der Waals surface area contributed by atoms with Gasteiger partial charge in [0.15, 0.2) is 11.0 Å². The zero-order valence-corrected chi connectivity index (χ0v) is 14.7. The van der Waals surface area contributed by atoms with E-state index in [4.69, 9.17) is 5.73 Å². The zero-order chi connectivity index (χ0) is 17.6. The number of carbonyl (C=O) groups is 1. The van der Waals surface area contributed by atoms with Crippen LogP contribution in [-0.4, -0.2) is 41.3 Å². The Hall–Kier alpha value is -2.32. The largest absolute Gasteiger partial charge is 0.382 e. The monoisotopic (exact) mass is 360 g/mol. The fraction of sp³-hybridized carbons (Fsp3) is 0.353. The maximum atomic E-state index is 12.2. The lowest BCUT2D eigenvalue weighted by Gasteiger charge is -2.11. The number of hydrogen-bond acceptors (Lipinski definition) is 5. The van der Waals surface area contributed by atoms with Crippen LogP contribution in [0.3, 0.4) is 0 Å². The number of rotatable bonds is 6. The second-order valence-electron chi connectivity index (χ2n) is 6.01. The number of likely N-dealkylation sites (tertiary alicyclic amines) is 1. The van der Waals surface area contributed by atoms with Crippen molar-refractivity contribution in [3.8, 4) is 0 Å². The number of H-pyrrole nitrogens is 1. The standard InChI is InChI=1S/C17H21N5O2S/c18-14-13(19-15(23)12-6-2-1-3-7-12)16(24)21-17(20-14)25-11-10-22-8-4-5-9-22/h1-3,6-7H,4-5,8-11H2,(H,19,23)(H3,18,20,21,24)/p+1. The van der Waals surface area contributed by atoms with Crippen molar-refractivity contribution in [3.05, 3.63) is 46.2 Å². The maximum Gasteiger partial charge on any atom is 0.277 e. The van der Waals surface area contributed by atoms with E-state index in [-0.39, 0.29) is 11.5 Å². The van der Waals surface area contributed by atoms with Crippen LogP contribution in [0.5, 0.6) is 0 Å². The van der Waals surface area contributed by atoms with E-state index in [1.807, 2.05) is 6.07 Å². The molecular weight excluding hydrogens is 338 g/mol. The fourth-order valence-corrected chi connectivity index (χ4v) is 3.76. The van der Waals surface area contributed by atoms with E-state index >= 15 is 0 Å². The predicted octanol–water partition coefficient (Wildman–Crippen LogP) is 0.375. The number of nitrogen functional groups attached to an aromatic ring is 1. The number of benzene rings is 1. The molecule has 0 unspecified atom stereocenters. The molecular formula is C17H22N5O2S+. The Bertz CT molecular complexity index is 787. The van der Waals surface area contributed by atoms with Crippen molar-refractivity contribution in [2.45, 2.75) is 18.0 Å². The summed E-state index contributed by atoms with van der Waals surface area (Å²) in [7, 11) is 0. The molecule has 0 aliphatic carbocycles. The first-order chi connectivity index (χ1) is 12.1. The highest BCUT2D eigenvalue weighted by atomic mass is 32.2. The van der Waals surface area contributed by atoms with Gasteiger partial charge in [0.25, 0.3) is 11.5 Å². The van der Waals surface area contributed by atoms with Crippen molar-refractivity contribution in [1.82, 2.24) is 9.97 Å². The molecule has 1 aromatic heterocycles. The summed E-state index contributed by atoms with van der Waals surface area (Å²) in [4.78, 5) is 32.9. The Labute approximate surface area is 150 Å². The summed E-state index contributed by atoms with van der Waals surface area (Å²) in [6.07, 6.45) is 2.58. The number of thioether (sulfide) groups is 1. The van der Waals surface area contributed by atoms with E-state index in [0.29, 0.717) is 10.7 Å². The van der Waals surface area contributed by atoms with Gasteiger partial charge in [0.2, 0.25) is 0 Å². The van der Waals surface area contributed by atoms with Crippen LogP contribution in [0.25, 0.3) is 0 Å². The third-order valence-electron chi connectivity index (χ3n) is 4.21. The van der Waals surface area contributed by atoms with Crippen LogP contribution in [0, 0.1) is 0 Å². The normalized spacial score (nSPS) is 14.6. The number of amides is 1. The van der Waals surface area contributed by atoms with Gasteiger partial charge in [-0.15, -0.1) is 0 Å². The molecule has 0 bridgehead atoms. The van der Waals surface area contributed by atoms with E-state index < -0.39 is 11.5 Å². The number of quaternary nitrogens is 1. The Kier molecular flexibility index (Phi) is 5.72. The third kappa shape index (κ3) is 4.61. The summed E-state index contributed by atoms with van der Waals surface area (Å²) < 4.78 is 0. The molecule has 1 saturated heterocycles. The minimum absolute atomic E-state index is 0.0108. The highest BCUT2D eigenvalue weighted by molar-refractivity contribution is 7.99. The van der Waals surface area contributed by atoms with E-state index in [0.717, 1.165) is 12.3 Å². The smallest absolute Gasteiger partial charge is 0.277 e. The van der Waals surface area contributed by atoms with Crippen LogP contribution in [0.15, 0.2) is 40.3 Å². The molecule has 3 rings (SSSR count). The number of nitrogens with two attached hydrogens (primary N) is 1. The number of nitrogens with zero attached hydrogens (tertiary/aromatic N) is 1. The van der Waals surface area contributed by atoms with Gasteiger partial charge in [-0.25, -0.2) is 4.98 Å². The van der Waals surface area contributed by atoms with E-state index in [9.17, 15) is 9.59 Å². The lowest BCUT2D eigenvalue weighted by Crippen LogP contribution is -3.10. The highest BCUT2D eigenvalue weighted by Crippen LogP contribution is 2.16. The topological polar surface area (TPSA) is 105 Å². The molecule has 8 heteroatoms. The molecule has 132 valence electrons. The minimum Gasteiger partial charge on any atom is -0.382 e. The number of aromatic amines is 1. The molecule has 2 heterocycles. The van der Waals surface area contributed by atoms with Crippen LogP contribution in [-0.2, 0) is 0 Å². The van der Waals surface area contributed by atoms with Gasteiger partial charge in [-0.05, 0) is 12.1 Å². The first kappa shape index (κ1) is 17.5. The molecule has 1 amide bonds. The molecule has 7 nitrogen and oxygen atoms in total. The third-order valence-corrected chi connectivity index (χ3v) is 5.08. The van der Waals surface area contributed by atoms with Crippen molar-refractivity contribution in [2.24, 2.45) is 0 Å². The van der Waals surface area contributed by atoms with E-state index in [1.54, 1.807) is 29.2 Å². The van der Waals surface area contributed by atoms with Crippen LogP contribution in [0.2, 0.25) is 0 Å². The van der Waals surface area contributed by atoms with Gasteiger partial charge in [-0.2, -0.15) is 0 Å². The number of anilines is 2. The van der Waals surface area contributed by atoms with Crippen molar-refractivity contribution in [2.75, 3.05) is 36.4 Å².